The third kappa shape index (κ3) is 2.67. The molecule has 1 aromatic heterocycles. The highest BCUT2D eigenvalue weighted by Crippen LogP contribution is 2.45. The van der Waals surface area contributed by atoms with Crippen molar-refractivity contribution in [1.82, 2.24) is 4.98 Å². The van der Waals surface area contributed by atoms with E-state index in [-0.39, 0.29) is 5.41 Å². The van der Waals surface area contributed by atoms with Crippen LogP contribution in [0.4, 0.5) is 5.69 Å². The summed E-state index contributed by atoms with van der Waals surface area (Å²) in [7, 11) is 0. The number of nitrogens with zero attached hydrogens (tertiary/aromatic N) is 1. The van der Waals surface area contributed by atoms with Crippen molar-refractivity contribution < 1.29 is 0 Å². The summed E-state index contributed by atoms with van der Waals surface area (Å²) < 4.78 is 0. The van der Waals surface area contributed by atoms with Gasteiger partial charge in [0, 0.05) is 5.69 Å². The van der Waals surface area contributed by atoms with Gasteiger partial charge in [-0.05, 0) is 55.4 Å². The maximum absolute atomic E-state index is 4.58. The summed E-state index contributed by atoms with van der Waals surface area (Å²) in [5, 5.41) is 3.76. The molecule has 0 spiro atoms. The maximum Gasteiger partial charge on any atom is 0.0607 e. The van der Waals surface area contributed by atoms with Crippen LogP contribution in [0.3, 0.4) is 0 Å². The molecule has 0 aliphatic heterocycles. The highest BCUT2D eigenvalue weighted by atomic mass is 15.0. The van der Waals surface area contributed by atoms with Gasteiger partial charge in [-0.15, -0.1) is 0 Å². The first-order valence-electron chi connectivity index (χ1n) is 7.76. The molecule has 2 nitrogen and oxygen atoms in total. The van der Waals surface area contributed by atoms with Crippen LogP contribution in [0.1, 0.15) is 48.8 Å². The van der Waals surface area contributed by atoms with Gasteiger partial charge in [0.25, 0.3) is 0 Å². The Bertz CT molecular complexity index is 658. The molecule has 0 fully saturated rings. The SMILES string of the molecule is Cc1ccc(NC2c3ccccc3CCC2(C)C)c(C)n1. The Morgan fingerprint density at radius 2 is 1.86 bits per heavy atom. The quantitative estimate of drug-likeness (QED) is 0.852. The van der Waals surface area contributed by atoms with E-state index in [9.17, 15) is 0 Å². The molecule has 2 aromatic rings. The summed E-state index contributed by atoms with van der Waals surface area (Å²) in [6, 6.07) is 13.4. The van der Waals surface area contributed by atoms with Crippen molar-refractivity contribution >= 4 is 5.69 Å². The fourth-order valence-corrected chi connectivity index (χ4v) is 3.33. The van der Waals surface area contributed by atoms with E-state index in [0.717, 1.165) is 17.1 Å². The number of benzene rings is 1. The highest BCUT2D eigenvalue weighted by molar-refractivity contribution is 5.51. The number of pyridine rings is 1. The van der Waals surface area contributed by atoms with Crippen LogP contribution in [0.2, 0.25) is 0 Å². The lowest BCUT2D eigenvalue weighted by Gasteiger charge is -2.41. The van der Waals surface area contributed by atoms with Crippen LogP contribution >= 0.6 is 0 Å². The topological polar surface area (TPSA) is 24.9 Å². The number of hydrogen-bond donors (Lipinski definition) is 1. The van der Waals surface area contributed by atoms with Crippen molar-refractivity contribution in [3.05, 3.63) is 58.9 Å². The molecular formula is C19H24N2. The molecule has 1 heterocycles. The molecule has 110 valence electrons. The molecule has 1 aliphatic carbocycles. The Balaban J connectivity index is 1.99. The largest absolute Gasteiger partial charge is 0.376 e. The standard InChI is InChI=1S/C19H24N2/c1-13-9-10-17(14(2)20-13)21-18-16-8-6-5-7-15(16)11-12-19(18,3)4/h5-10,18,21H,11-12H2,1-4H3. The van der Waals surface area contributed by atoms with Crippen LogP contribution < -0.4 is 5.32 Å². The van der Waals surface area contributed by atoms with E-state index in [2.05, 4.69) is 67.5 Å². The fourth-order valence-electron chi connectivity index (χ4n) is 3.33. The van der Waals surface area contributed by atoms with Crippen molar-refractivity contribution in [3.8, 4) is 0 Å². The van der Waals surface area contributed by atoms with E-state index in [1.54, 1.807) is 0 Å². The Hall–Kier alpha value is -1.83. The number of aromatic nitrogens is 1. The second kappa shape index (κ2) is 5.18. The van der Waals surface area contributed by atoms with Gasteiger partial charge in [0.1, 0.15) is 0 Å². The lowest BCUT2D eigenvalue weighted by molar-refractivity contribution is 0.265. The first-order chi connectivity index (χ1) is 9.97. The Kier molecular flexibility index (Phi) is 3.48. The number of anilines is 1. The van der Waals surface area contributed by atoms with Crippen molar-refractivity contribution in [3.63, 3.8) is 0 Å². The van der Waals surface area contributed by atoms with Gasteiger partial charge in [0.15, 0.2) is 0 Å². The average Bonchev–Trinajstić information content (AvgIpc) is 2.44. The lowest BCUT2D eigenvalue weighted by Crippen LogP contribution is -2.33. The molecule has 1 N–H and O–H groups in total. The van der Waals surface area contributed by atoms with E-state index in [4.69, 9.17) is 0 Å². The molecule has 1 aliphatic rings. The van der Waals surface area contributed by atoms with E-state index < -0.39 is 0 Å². The molecule has 0 saturated heterocycles. The second-order valence-electron chi connectivity index (χ2n) is 6.85. The summed E-state index contributed by atoms with van der Waals surface area (Å²) in [5.74, 6) is 0. The Morgan fingerprint density at radius 3 is 2.62 bits per heavy atom. The van der Waals surface area contributed by atoms with Gasteiger partial charge < -0.3 is 5.32 Å². The van der Waals surface area contributed by atoms with Gasteiger partial charge in [-0.25, -0.2) is 0 Å². The number of rotatable bonds is 2. The minimum Gasteiger partial charge on any atom is -0.376 e. The molecule has 3 rings (SSSR count). The zero-order valence-corrected chi connectivity index (χ0v) is 13.4. The molecule has 21 heavy (non-hydrogen) atoms. The number of aryl methyl sites for hydroxylation is 3. The number of hydrogen-bond acceptors (Lipinski definition) is 2. The van der Waals surface area contributed by atoms with Gasteiger partial charge in [0.2, 0.25) is 0 Å². The first-order valence-corrected chi connectivity index (χ1v) is 7.76. The summed E-state index contributed by atoms with van der Waals surface area (Å²) >= 11 is 0. The van der Waals surface area contributed by atoms with Gasteiger partial charge in [0.05, 0.1) is 17.4 Å². The Labute approximate surface area is 127 Å². The van der Waals surface area contributed by atoms with Crippen molar-refractivity contribution in [2.45, 2.75) is 46.6 Å². The molecule has 2 heteroatoms. The number of fused-ring (bicyclic) bond motifs is 1. The van der Waals surface area contributed by atoms with Crippen molar-refractivity contribution in [1.29, 1.82) is 0 Å². The van der Waals surface area contributed by atoms with Crippen LogP contribution in [-0.4, -0.2) is 4.98 Å². The summed E-state index contributed by atoms with van der Waals surface area (Å²) in [6.07, 6.45) is 2.38. The fraction of sp³-hybridized carbons (Fsp3) is 0.421. The maximum atomic E-state index is 4.58. The van der Waals surface area contributed by atoms with Crippen LogP contribution in [-0.2, 0) is 6.42 Å². The van der Waals surface area contributed by atoms with Crippen LogP contribution in [0.15, 0.2) is 36.4 Å². The molecular weight excluding hydrogens is 256 g/mol. The zero-order chi connectivity index (χ0) is 15.0. The smallest absolute Gasteiger partial charge is 0.0607 e. The average molecular weight is 280 g/mol. The van der Waals surface area contributed by atoms with Crippen LogP contribution in [0, 0.1) is 19.3 Å². The van der Waals surface area contributed by atoms with Gasteiger partial charge >= 0.3 is 0 Å². The van der Waals surface area contributed by atoms with E-state index in [0.29, 0.717) is 6.04 Å². The first kappa shape index (κ1) is 14.1. The van der Waals surface area contributed by atoms with Crippen LogP contribution in [0.5, 0.6) is 0 Å². The third-order valence-electron chi connectivity index (χ3n) is 4.71. The molecule has 0 saturated carbocycles. The van der Waals surface area contributed by atoms with Crippen molar-refractivity contribution in [2.75, 3.05) is 5.32 Å². The summed E-state index contributed by atoms with van der Waals surface area (Å²) in [6.45, 7) is 8.84. The van der Waals surface area contributed by atoms with Crippen LogP contribution in [0.25, 0.3) is 0 Å². The normalized spacial score (nSPS) is 19.9. The molecule has 1 atom stereocenters. The monoisotopic (exact) mass is 280 g/mol. The predicted octanol–water partition coefficient (Wildman–Crippen LogP) is 4.82. The molecule has 1 aromatic carbocycles. The summed E-state index contributed by atoms with van der Waals surface area (Å²) in [4.78, 5) is 4.58. The second-order valence-corrected chi connectivity index (χ2v) is 6.85. The van der Waals surface area contributed by atoms with Gasteiger partial charge in [-0.1, -0.05) is 38.1 Å². The minimum absolute atomic E-state index is 0.242. The zero-order valence-electron chi connectivity index (χ0n) is 13.4. The molecule has 0 bridgehead atoms. The van der Waals surface area contributed by atoms with Crippen molar-refractivity contribution in [2.24, 2.45) is 5.41 Å². The highest BCUT2D eigenvalue weighted by Gasteiger charge is 2.35. The number of nitrogens with one attached hydrogen (secondary N) is 1. The minimum atomic E-state index is 0.242. The predicted molar refractivity (Wildman–Crippen MR) is 88.6 cm³/mol. The van der Waals surface area contributed by atoms with Gasteiger partial charge in [-0.2, -0.15) is 0 Å². The van der Waals surface area contributed by atoms with Gasteiger partial charge in [-0.3, -0.25) is 4.98 Å². The van der Waals surface area contributed by atoms with E-state index in [1.165, 1.54) is 24.0 Å². The Morgan fingerprint density at radius 1 is 1.10 bits per heavy atom. The van der Waals surface area contributed by atoms with E-state index >= 15 is 0 Å². The summed E-state index contributed by atoms with van der Waals surface area (Å²) in [5.41, 5.74) is 6.46. The lowest BCUT2D eigenvalue weighted by atomic mass is 9.70. The van der Waals surface area contributed by atoms with E-state index in [1.807, 2.05) is 6.92 Å². The molecule has 0 amide bonds. The third-order valence-corrected chi connectivity index (χ3v) is 4.71. The molecule has 0 radical (unpaired) electrons. The molecule has 1 unspecified atom stereocenters.